The normalized spacial score (nSPS) is 12.7. The van der Waals surface area contributed by atoms with Gasteiger partial charge in [-0.05, 0) is 42.8 Å². The van der Waals surface area contributed by atoms with Crippen molar-refractivity contribution in [1.82, 2.24) is 13.3 Å². The van der Waals surface area contributed by atoms with Gasteiger partial charge in [-0.25, -0.2) is 30.1 Å². The molecule has 0 aliphatic rings. The van der Waals surface area contributed by atoms with Gasteiger partial charge >= 0.3 is 0 Å². The summed E-state index contributed by atoms with van der Waals surface area (Å²) < 4.78 is 53.3. The quantitative estimate of drug-likeness (QED) is 0.626. The third kappa shape index (κ3) is 3.38. The second kappa shape index (κ2) is 7.06. The summed E-state index contributed by atoms with van der Waals surface area (Å²) in [4.78, 5) is 4.51. The van der Waals surface area contributed by atoms with Crippen molar-refractivity contribution >= 4 is 31.1 Å². The summed E-state index contributed by atoms with van der Waals surface area (Å²) in [6.07, 6.45) is 1.26. The second-order valence-corrected chi connectivity index (χ2v) is 10.2. The molecule has 0 aliphatic carbocycles. The van der Waals surface area contributed by atoms with Crippen LogP contribution < -0.4 is 0 Å². The minimum absolute atomic E-state index is 0.0145. The fourth-order valence-corrected chi connectivity index (χ4v) is 5.22. The Morgan fingerprint density at radius 1 is 0.926 bits per heavy atom. The zero-order valence-electron chi connectivity index (χ0n) is 15.3. The van der Waals surface area contributed by atoms with Crippen molar-refractivity contribution in [2.24, 2.45) is 0 Å². The van der Waals surface area contributed by atoms with Crippen LogP contribution in [0.15, 0.2) is 58.3 Å². The molecule has 2 aromatic carbocycles. The van der Waals surface area contributed by atoms with Crippen molar-refractivity contribution in [3.8, 4) is 0 Å². The van der Waals surface area contributed by atoms with Gasteiger partial charge in [0.1, 0.15) is 5.82 Å². The molecule has 0 N–H and O–H groups in total. The molecule has 9 heteroatoms. The highest BCUT2D eigenvalue weighted by atomic mass is 32.2. The van der Waals surface area contributed by atoms with Gasteiger partial charge in [-0.1, -0.05) is 19.1 Å². The van der Waals surface area contributed by atoms with Crippen LogP contribution in [0, 0.1) is 0 Å². The van der Waals surface area contributed by atoms with Crippen LogP contribution in [-0.4, -0.2) is 44.2 Å². The van der Waals surface area contributed by atoms with Gasteiger partial charge in [0.05, 0.1) is 20.8 Å². The highest BCUT2D eigenvalue weighted by Crippen LogP contribution is 2.25. The number of hydrogen-bond acceptors (Lipinski definition) is 5. The molecule has 0 amide bonds. The van der Waals surface area contributed by atoms with E-state index in [9.17, 15) is 16.8 Å². The van der Waals surface area contributed by atoms with Crippen LogP contribution in [0.4, 0.5) is 0 Å². The van der Waals surface area contributed by atoms with Gasteiger partial charge in [0, 0.05) is 20.5 Å². The maximum Gasteiger partial charge on any atom is 0.269 e. The topological polar surface area (TPSA) is 89.3 Å². The van der Waals surface area contributed by atoms with Crippen LogP contribution in [0.25, 0.3) is 11.0 Å². The zero-order chi connectivity index (χ0) is 19.8. The summed E-state index contributed by atoms with van der Waals surface area (Å²) in [5, 5.41) is 0. The molecule has 3 aromatic rings. The number of rotatable bonds is 6. The Bertz CT molecular complexity index is 1180. The number of aromatic nitrogens is 2. The van der Waals surface area contributed by atoms with Crippen molar-refractivity contribution in [3.63, 3.8) is 0 Å². The summed E-state index contributed by atoms with van der Waals surface area (Å²) >= 11 is 0. The fraction of sp³-hybridized carbons (Fsp3) is 0.278. The smallest absolute Gasteiger partial charge is 0.232 e. The lowest BCUT2D eigenvalue weighted by atomic mass is 10.3. The number of nitrogens with zero attached hydrogens (tertiary/aromatic N) is 3. The predicted molar refractivity (Wildman–Crippen MR) is 104 cm³/mol. The summed E-state index contributed by atoms with van der Waals surface area (Å²) in [5.41, 5.74) is 1.11. The SMILES string of the molecule is CCCc1nc2ccccc2n1S(=O)(=O)c1ccc(S(=O)(=O)N(C)C)cc1. The first-order valence-corrected chi connectivity index (χ1v) is 11.3. The first-order valence-electron chi connectivity index (χ1n) is 8.44. The third-order valence-corrected chi connectivity index (χ3v) is 7.78. The van der Waals surface area contributed by atoms with E-state index in [1.165, 1.54) is 42.3 Å². The Morgan fingerprint density at radius 3 is 2.11 bits per heavy atom. The lowest BCUT2D eigenvalue weighted by Crippen LogP contribution is -2.22. The standard InChI is InChI=1S/C18H21N3O4S2/c1-4-7-18-19-16-8-5-6-9-17(16)21(18)27(24,25)15-12-10-14(11-13-15)26(22,23)20(2)3/h5-6,8-13H,4,7H2,1-3H3. The van der Waals surface area contributed by atoms with E-state index in [1.807, 2.05) is 13.0 Å². The first-order chi connectivity index (χ1) is 12.7. The van der Waals surface area contributed by atoms with E-state index in [0.29, 0.717) is 23.3 Å². The molecule has 1 aromatic heterocycles. The van der Waals surface area contributed by atoms with Crippen molar-refractivity contribution in [1.29, 1.82) is 0 Å². The molecule has 144 valence electrons. The molecule has 0 atom stereocenters. The molecule has 0 radical (unpaired) electrons. The average molecular weight is 408 g/mol. The molecular weight excluding hydrogens is 386 g/mol. The lowest BCUT2D eigenvalue weighted by Gasteiger charge is -2.13. The number of fused-ring (bicyclic) bond motifs is 1. The molecule has 0 aliphatic heterocycles. The van der Waals surface area contributed by atoms with Gasteiger partial charge in [0.25, 0.3) is 10.0 Å². The van der Waals surface area contributed by atoms with Gasteiger partial charge in [0.15, 0.2) is 0 Å². The van der Waals surface area contributed by atoms with Crippen LogP contribution >= 0.6 is 0 Å². The third-order valence-electron chi connectivity index (χ3n) is 4.20. The van der Waals surface area contributed by atoms with Crippen molar-refractivity contribution < 1.29 is 16.8 Å². The second-order valence-electron chi connectivity index (χ2n) is 6.30. The van der Waals surface area contributed by atoms with Gasteiger partial charge in [0.2, 0.25) is 10.0 Å². The molecule has 0 fully saturated rings. The molecule has 27 heavy (non-hydrogen) atoms. The molecular formula is C18H21N3O4S2. The van der Waals surface area contributed by atoms with Crippen LogP contribution in [0.5, 0.6) is 0 Å². The highest BCUT2D eigenvalue weighted by molar-refractivity contribution is 7.90. The number of hydrogen-bond donors (Lipinski definition) is 0. The Labute approximate surface area is 159 Å². The van der Waals surface area contributed by atoms with Gasteiger partial charge in [-0.2, -0.15) is 0 Å². The molecule has 7 nitrogen and oxygen atoms in total. The first kappa shape index (κ1) is 19.5. The van der Waals surface area contributed by atoms with Crippen LogP contribution in [0.3, 0.4) is 0 Å². The zero-order valence-corrected chi connectivity index (χ0v) is 17.0. The highest BCUT2D eigenvalue weighted by Gasteiger charge is 2.25. The van der Waals surface area contributed by atoms with Gasteiger partial charge in [-0.3, -0.25) is 0 Å². The van der Waals surface area contributed by atoms with E-state index >= 15 is 0 Å². The largest absolute Gasteiger partial charge is 0.269 e. The van der Waals surface area contributed by atoms with Gasteiger partial charge in [-0.15, -0.1) is 0 Å². The van der Waals surface area contributed by atoms with Gasteiger partial charge < -0.3 is 0 Å². The number of imidazole rings is 1. The lowest BCUT2D eigenvalue weighted by molar-refractivity contribution is 0.520. The summed E-state index contributed by atoms with van der Waals surface area (Å²) in [7, 11) is -4.69. The van der Waals surface area contributed by atoms with Crippen molar-refractivity contribution in [2.45, 2.75) is 29.6 Å². The minimum Gasteiger partial charge on any atom is -0.232 e. The molecule has 0 saturated carbocycles. The van der Waals surface area contributed by atoms with E-state index in [0.717, 1.165) is 10.7 Å². The van der Waals surface area contributed by atoms with E-state index < -0.39 is 20.0 Å². The van der Waals surface area contributed by atoms with E-state index in [4.69, 9.17) is 0 Å². The molecule has 1 heterocycles. The average Bonchev–Trinajstić information content (AvgIpc) is 3.00. The number of benzene rings is 2. The Hall–Kier alpha value is -2.23. The van der Waals surface area contributed by atoms with E-state index in [-0.39, 0.29) is 9.79 Å². The van der Waals surface area contributed by atoms with Crippen molar-refractivity contribution in [2.75, 3.05) is 14.1 Å². The maximum atomic E-state index is 13.3. The van der Waals surface area contributed by atoms with Crippen LogP contribution in [0.2, 0.25) is 0 Å². The van der Waals surface area contributed by atoms with E-state index in [2.05, 4.69) is 4.98 Å². The predicted octanol–water partition coefficient (Wildman–Crippen LogP) is 2.48. The molecule has 0 spiro atoms. The molecule has 3 rings (SSSR count). The number of aryl methyl sites for hydroxylation is 1. The minimum atomic E-state index is -3.91. The van der Waals surface area contributed by atoms with Crippen LogP contribution in [0.1, 0.15) is 19.2 Å². The molecule has 0 unspecified atom stereocenters. The van der Waals surface area contributed by atoms with E-state index in [1.54, 1.807) is 18.2 Å². The number of para-hydroxylation sites is 2. The number of sulfonamides is 1. The maximum absolute atomic E-state index is 13.3. The fourth-order valence-electron chi connectivity index (χ4n) is 2.80. The summed E-state index contributed by atoms with van der Waals surface area (Å²) in [6, 6.07) is 12.3. The van der Waals surface area contributed by atoms with Crippen molar-refractivity contribution in [3.05, 3.63) is 54.4 Å². The summed E-state index contributed by atoms with van der Waals surface area (Å²) in [5.74, 6) is 0.462. The Kier molecular flexibility index (Phi) is 5.11. The van der Waals surface area contributed by atoms with Crippen LogP contribution in [-0.2, 0) is 26.5 Å². The molecule has 0 bridgehead atoms. The Morgan fingerprint density at radius 2 is 1.52 bits per heavy atom. The summed E-state index contributed by atoms with van der Waals surface area (Å²) in [6.45, 7) is 1.96. The Balaban J connectivity index is 2.15. The molecule has 0 saturated heterocycles. The monoisotopic (exact) mass is 407 g/mol.